The van der Waals surface area contributed by atoms with Crippen LogP contribution in [-0.2, 0) is 0 Å². The Morgan fingerprint density at radius 2 is 1.00 bits per heavy atom. The summed E-state index contributed by atoms with van der Waals surface area (Å²) in [4.78, 5) is 0. The third-order valence-corrected chi connectivity index (χ3v) is 8.70. The van der Waals surface area contributed by atoms with Gasteiger partial charge in [0.15, 0.2) is 0 Å². The van der Waals surface area contributed by atoms with E-state index in [1.165, 1.54) is 76.8 Å². The Balaban J connectivity index is 1.18. The van der Waals surface area contributed by atoms with Gasteiger partial charge >= 0.3 is 0 Å². The zero-order chi connectivity index (χ0) is 27.6. The molecule has 2 aromatic heterocycles. The maximum atomic E-state index is 2.40. The molecule has 0 radical (unpaired) electrons. The van der Waals surface area contributed by atoms with Crippen LogP contribution in [0.5, 0.6) is 0 Å². The number of aromatic nitrogens is 2. The normalized spacial score (nSPS) is 11.8. The van der Waals surface area contributed by atoms with Gasteiger partial charge in [-0.3, -0.25) is 0 Å². The van der Waals surface area contributed by atoms with Crippen LogP contribution in [0, 0.1) is 0 Å². The van der Waals surface area contributed by atoms with Gasteiger partial charge in [-0.1, -0.05) is 84.9 Å². The van der Waals surface area contributed by atoms with E-state index in [0.717, 1.165) is 0 Å². The number of para-hydroxylation sites is 2. The molecule has 0 saturated heterocycles. The molecule has 0 aliphatic rings. The molecule has 0 unspecified atom stereocenters. The second-order valence-electron chi connectivity index (χ2n) is 11.1. The number of hydrogen-bond acceptors (Lipinski definition) is 0. The Labute approximate surface area is 243 Å². The first-order valence-corrected chi connectivity index (χ1v) is 14.4. The highest BCUT2D eigenvalue weighted by Gasteiger charge is 2.16. The smallest absolute Gasteiger partial charge is 0.0548 e. The Morgan fingerprint density at radius 3 is 1.83 bits per heavy atom. The zero-order valence-corrected chi connectivity index (χ0v) is 22.9. The van der Waals surface area contributed by atoms with Crippen LogP contribution in [0.15, 0.2) is 158 Å². The molecule has 196 valence electrons. The van der Waals surface area contributed by atoms with Gasteiger partial charge in [-0.05, 0) is 99.4 Å². The second-order valence-corrected chi connectivity index (χ2v) is 11.1. The van der Waals surface area contributed by atoms with Gasteiger partial charge in [-0.15, -0.1) is 0 Å². The predicted molar refractivity (Wildman–Crippen MR) is 178 cm³/mol. The summed E-state index contributed by atoms with van der Waals surface area (Å²) in [6.07, 6.45) is 2.19. The van der Waals surface area contributed by atoms with Crippen molar-refractivity contribution in [2.24, 2.45) is 0 Å². The van der Waals surface area contributed by atoms with Crippen LogP contribution < -0.4 is 0 Å². The first-order valence-electron chi connectivity index (χ1n) is 14.4. The minimum Gasteiger partial charge on any atom is -0.317 e. The molecule has 0 saturated carbocycles. The minimum atomic E-state index is 1.17. The van der Waals surface area contributed by atoms with E-state index in [4.69, 9.17) is 0 Å². The molecule has 0 atom stereocenters. The number of rotatable bonds is 3. The lowest BCUT2D eigenvalue weighted by Crippen LogP contribution is -1.94. The molecule has 0 N–H and O–H groups in total. The van der Waals surface area contributed by atoms with Crippen molar-refractivity contribution in [2.45, 2.75) is 0 Å². The number of hydrogen-bond donors (Lipinski definition) is 0. The van der Waals surface area contributed by atoms with E-state index in [0.29, 0.717) is 0 Å². The standard InChI is InChI=1S/C40H26N2/c1-2-10-33(11-3-1)41-23-22-36-37(41)20-21-39-40(36)35-12-6-7-13-38(35)42(39)34-18-16-27(17-19-34)30-14-15-31-24-28-8-4-5-9-29(28)25-32(31)26-30/h1-26H. The van der Waals surface area contributed by atoms with Gasteiger partial charge in [0, 0.05) is 33.7 Å². The van der Waals surface area contributed by atoms with Crippen molar-refractivity contribution >= 4 is 54.3 Å². The summed E-state index contributed by atoms with van der Waals surface area (Å²) in [7, 11) is 0. The van der Waals surface area contributed by atoms with Crippen molar-refractivity contribution in [2.75, 3.05) is 0 Å². The molecule has 2 heterocycles. The number of fused-ring (bicyclic) bond motifs is 7. The second kappa shape index (κ2) is 8.95. The summed E-state index contributed by atoms with van der Waals surface area (Å²) >= 11 is 0. The lowest BCUT2D eigenvalue weighted by molar-refractivity contribution is 1.13. The quantitative estimate of drug-likeness (QED) is 0.200. The molecule has 2 heteroatoms. The Morgan fingerprint density at radius 1 is 0.357 bits per heavy atom. The highest BCUT2D eigenvalue weighted by molar-refractivity contribution is 6.21. The van der Waals surface area contributed by atoms with Crippen molar-refractivity contribution < 1.29 is 0 Å². The van der Waals surface area contributed by atoms with E-state index in [-0.39, 0.29) is 0 Å². The monoisotopic (exact) mass is 534 g/mol. The van der Waals surface area contributed by atoms with Gasteiger partial charge in [0.25, 0.3) is 0 Å². The lowest BCUT2D eigenvalue weighted by Gasteiger charge is -2.11. The van der Waals surface area contributed by atoms with Crippen LogP contribution in [0.4, 0.5) is 0 Å². The molecule has 7 aromatic carbocycles. The summed E-state index contributed by atoms with van der Waals surface area (Å²) in [5.74, 6) is 0. The summed E-state index contributed by atoms with van der Waals surface area (Å²) in [5.41, 5.74) is 8.45. The van der Waals surface area contributed by atoms with E-state index >= 15 is 0 Å². The van der Waals surface area contributed by atoms with Crippen molar-refractivity contribution in [3.63, 3.8) is 0 Å². The first kappa shape index (κ1) is 23.1. The van der Waals surface area contributed by atoms with Crippen LogP contribution in [0.1, 0.15) is 0 Å². The van der Waals surface area contributed by atoms with Crippen LogP contribution in [-0.4, -0.2) is 9.13 Å². The molecule has 0 aliphatic heterocycles. The van der Waals surface area contributed by atoms with Crippen LogP contribution in [0.3, 0.4) is 0 Å². The fourth-order valence-corrected chi connectivity index (χ4v) is 6.70. The molecule has 42 heavy (non-hydrogen) atoms. The van der Waals surface area contributed by atoms with Gasteiger partial charge in [-0.2, -0.15) is 0 Å². The minimum absolute atomic E-state index is 1.17. The third-order valence-electron chi connectivity index (χ3n) is 8.70. The Bertz CT molecular complexity index is 2440. The van der Waals surface area contributed by atoms with E-state index in [9.17, 15) is 0 Å². The molecule has 0 amide bonds. The Kier molecular flexibility index (Phi) is 4.93. The lowest BCUT2D eigenvalue weighted by atomic mass is 9.98. The van der Waals surface area contributed by atoms with Gasteiger partial charge in [-0.25, -0.2) is 0 Å². The fraction of sp³-hybridized carbons (Fsp3) is 0. The number of benzene rings is 7. The fourth-order valence-electron chi connectivity index (χ4n) is 6.70. The average molecular weight is 535 g/mol. The summed E-state index contributed by atoms with van der Waals surface area (Å²) in [6.45, 7) is 0. The molecule has 2 nitrogen and oxygen atoms in total. The molecule has 9 rings (SSSR count). The van der Waals surface area contributed by atoms with Crippen LogP contribution in [0.25, 0.3) is 76.8 Å². The van der Waals surface area contributed by atoms with Gasteiger partial charge in [0.05, 0.1) is 16.6 Å². The predicted octanol–water partition coefficient (Wildman–Crippen LogP) is 10.7. The average Bonchev–Trinajstić information content (AvgIpc) is 3.63. The van der Waals surface area contributed by atoms with Gasteiger partial charge in [0.2, 0.25) is 0 Å². The van der Waals surface area contributed by atoms with E-state index < -0.39 is 0 Å². The molecule has 9 aromatic rings. The highest BCUT2D eigenvalue weighted by atomic mass is 15.0. The van der Waals surface area contributed by atoms with E-state index in [1.807, 2.05) is 0 Å². The van der Waals surface area contributed by atoms with Crippen molar-refractivity contribution in [3.8, 4) is 22.5 Å². The van der Waals surface area contributed by atoms with Crippen molar-refractivity contribution in [3.05, 3.63) is 158 Å². The molecule has 0 bridgehead atoms. The van der Waals surface area contributed by atoms with E-state index in [2.05, 4.69) is 167 Å². The molecule has 0 aliphatic carbocycles. The topological polar surface area (TPSA) is 9.86 Å². The Hall–Kier alpha value is -5.60. The summed E-state index contributed by atoms with van der Waals surface area (Å²) in [6, 6.07) is 55.1. The SMILES string of the molecule is c1ccc(-n2ccc3c4c5ccccc5n(-c5ccc(-c6ccc7cc8ccccc8cc7c6)cc5)c4ccc32)cc1. The van der Waals surface area contributed by atoms with Gasteiger partial charge in [0.1, 0.15) is 0 Å². The highest BCUT2D eigenvalue weighted by Crippen LogP contribution is 2.38. The maximum Gasteiger partial charge on any atom is 0.0548 e. The summed E-state index contributed by atoms with van der Waals surface area (Å²) < 4.78 is 4.68. The molecule has 0 fully saturated rings. The van der Waals surface area contributed by atoms with Gasteiger partial charge < -0.3 is 9.13 Å². The first-order chi connectivity index (χ1) is 20.8. The molecular weight excluding hydrogens is 508 g/mol. The van der Waals surface area contributed by atoms with Crippen LogP contribution >= 0.6 is 0 Å². The van der Waals surface area contributed by atoms with Crippen molar-refractivity contribution in [1.29, 1.82) is 0 Å². The largest absolute Gasteiger partial charge is 0.317 e. The summed E-state index contributed by atoms with van der Waals surface area (Å²) in [5, 5.41) is 8.93. The molecule has 0 spiro atoms. The molecular formula is C40H26N2. The van der Waals surface area contributed by atoms with E-state index in [1.54, 1.807) is 0 Å². The number of nitrogens with zero attached hydrogens (tertiary/aromatic N) is 2. The zero-order valence-electron chi connectivity index (χ0n) is 22.9. The van der Waals surface area contributed by atoms with Crippen molar-refractivity contribution in [1.82, 2.24) is 9.13 Å². The maximum absolute atomic E-state index is 2.40. The third kappa shape index (κ3) is 3.45. The van der Waals surface area contributed by atoms with Crippen LogP contribution in [0.2, 0.25) is 0 Å².